The Labute approximate surface area is 61.8 Å². The first-order valence-corrected chi connectivity index (χ1v) is 3.27. The van der Waals surface area contributed by atoms with E-state index >= 15 is 0 Å². The molecule has 0 bridgehead atoms. The van der Waals surface area contributed by atoms with Crippen LogP contribution in [0.25, 0.3) is 0 Å². The summed E-state index contributed by atoms with van der Waals surface area (Å²) < 4.78 is 0. The zero-order valence-electron chi connectivity index (χ0n) is 6.62. The molecule has 0 spiro atoms. The second-order valence-corrected chi connectivity index (χ2v) is 2.32. The smallest absolute Gasteiger partial charge is 0.0579 e. The van der Waals surface area contributed by atoms with Crippen LogP contribution < -0.4 is 11.5 Å². The number of aliphatic hydroxyl groups is 2. The Kier molecular flexibility index (Phi) is 11.1. The third kappa shape index (κ3) is 24.9. The van der Waals surface area contributed by atoms with Crippen molar-refractivity contribution in [2.45, 2.75) is 25.9 Å². The molecule has 0 aromatic rings. The molecular formula is C6H18N2O2. The lowest BCUT2D eigenvalue weighted by atomic mass is 10.4. The predicted octanol–water partition coefficient (Wildman–Crippen LogP) is -1.35. The van der Waals surface area contributed by atoms with Crippen molar-refractivity contribution in [2.24, 2.45) is 11.5 Å². The van der Waals surface area contributed by atoms with Gasteiger partial charge in [0.2, 0.25) is 0 Å². The summed E-state index contributed by atoms with van der Waals surface area (Å²) in [5, 5.41) is 16.0. The van der Waals surface area contributed by atoms with E-state index in [0.29, 0.717) is 0 Å². The molecule has 1 unspecified atom stereocenters. The SMILES string of the molecule is CC(N)CO.C[C@H](N)CO. The summed E-state index contributed by atoms with van der Waals surface area (Å²) in [4.78, 5) is 0. The van der Waals surface area contributed by atoms with Crippen LogP contribution >= 0.6 is 0 Å². The molecule has 0 fully saturated rings. The quantitative estimate of drug-likeness (QED) is 0.391. The van der Waals surface area contributed by atoms with Crippen molar-refractivity contribution in [3.63, 3.8) is 0 Å². The normalized spacial score (nSPS) is 15.0. The maximum Gasteiger partial charge on any atom is 0.0579 e. The second-order valence-electron chi connectivity index (χ2n) is 2.32. The molecule has 0 aliphatic rings. The Morgan fingerprint density at radius 3 is 1.10 bits per heavy atom. The maximum absolute atomic E-state index is 8.02. The van der Waals surface area contributed by atoms with Crippen molar-refractivity contribution < 1.29 is 10.2 Å². The topological polar surface area (TPSA) is 92.5 Å². The molecule has 64 valence electrons. The Morgan fingerprint density at radius 2 is 1.10 bits per heavy atom. The lowest BCUT2D eigenvalue weighted by Crippen LogP contribution is -2.18. The van der Waals surface area contributed by atoms with E-state index in [1.165, 1.54) is 0 Å². The summed E-state index contributed by atoms with van der Waals surface area (Å²) >= 11 is 0. The standard InChI is InChI=1S/2C3H9NO/c2*1-3(4)2-5/h2*3,5H,2,4H2,1H3/t3-;/m0./s1. The van der Waals surface area contributed by atoms with Gasteiger partial charge in [0.25, 0.3) is 0 Å². The molecule has 2 atom stereocenters. The fourth-order valence-electron chi connectivity index (χ4n) is 0. The van der Waals surface area contributed by atoms with Crippen LogP contribution in [0.1, 0.15) is 13.8 Å². The summed E-state index contributed by atoms with van der Waals surface area (Å²) in [5.74, 6) is 0. The molecular weight excluding hydrogens is 132 g/mol. The van der Waals surface area contributed by atoms with Gasteiger partial charge in [-0.2, -0.15) is 0 Å². The van der Waals surface area contributed by atoms with Gasteiger partial charge in [0.15, 0.2) is 0 Å². The zero-order chi connectivity index (χ0) is 8.57. The van der Waals surface area contributed by atoms with Gasteiger partial charge in [-0.3, -0.25) is 0 Å². The van der Waals surface area contributed by atoms with Gasteiger partial charge in [-0.1, -0.05) is 0 Å². The Hall–Kier alpha value is -0.160. The molecule has 0 aromatic carbocycles. The van der Waals surface area contributed by atoms with Crippen LogP contribution in [0.2, 0.25) is 0 Å². The molecule has 0 aromatic heterocycles. The average molecular weight is 150 g/mol. The minimum atomic E-state index is -0.0602. The number of rotatable bonds is 2. The van der Waals surface area contributed by atoms with Gasteiger partial charge in [-0.15, -0.1) is 0 Å². The van der Waals surface area contributed by atoms with Crippen LogP contribution in [0.15, 0.2) is 0 Å². The van der Waals surface area contributed by atoms with E-state index < -0.39 is 0 Å². The van der Waals surface area contributed by atoms with Gasteiger partial charge >= 0.3 is 0 Å². The summed E-state index contributed by atoms with van der Waals surface area (Å²) in [6, 6.07) is -0.120. The Balaban J connectivity index is 0. The van der Waals surface area contributed by atoms with Crippen LogP contribution in [-0.2, 0) is 0 Å². The Morgan fingerprint density at radius 1 is 1.00 bits per heavy atom. The van der Waals surface area contributed by atoms with Crippen molar-refractivity contribution in [2.75, 3.05) is 13.2 Å². The van der Waals surface area contributed by atoms with E-state index in [0.717, 1.165) is 0 Å². The van der Waals surface area contributed by atoms with Crippen LogP contribution in [0.3, 0.4) is 0 Å². The predicted molar refractivity (Wildman–Crippen MR) is 41.5 cm³/mol. The third-order valence-electron chi connectivity index (χ3n) is 0.576. The number of hydrogen-bond donors (Lipinski definition) is 4. The van der Waals surface area contributed by atoms with Crippen LogP contribution in [0.5, 0.6) is 0 Å². The summed E-state index contributed by atoms with van der Waals surface area (Å²) in [7, 11) is 0. The lowest BCUT2D eigenvalue weighted by molar-refractivity contribution is 0.273. The number of nitrogens with two attached hydrogens (primary N) is 2. The lowest BCUT2D eigenvalue weighted by Gasteiger charge is -1.91. The highest BCUT2D eigenvalue weighted by molar-refractivity contribution is 4.43. The number of hydrogen-bond acceptors (Lipinski definition) is 4. The minimum absolute atomic E-state index is 0.0602. The summed E-state index contributed by atoms with van der Waals surface area (Å²) in [6.45, 7) is 3.67. The first kappa shape index (κ1) is 12.5. The Bertz CT molecular complexity index is 49.7. The highest BCUT2D eigenvalue weighted by atomic mass is 16.3. The van der Waals surface area contributed by atoms with Gasteiger partial charge in [-0.05, 0) is 13.8 Å². The highest BCUT2D eigenvalue weighted by Gasteiger charge is 1.81. The molecule has 0 amide bonds. The van der Waals surface area contributed by atoms with Crippen molar-refractivity contribution in [3.05, 3.63) is 0 Å². The first-order chi connectivity index (χ1) is 4.54. The van der Waals surface area contributed by atoms with E-state index in [4.69, 9.17) is 21.7 Å². The fraction of sp³-hybridized carbons (Fsp3) is 1.00. The van der Waals surface area contributed by atoms with E-state index in [2.05, 4.69) is 0 Å². The average Bonchev–Trinajstić information content (AvgIpc) is 1.89. The van der Waals surface area contributed by atoms with Crippen LogP contribution in [0, 0.1) is 0 Å². The largest absolute Gasteiger partial charge is 0.395 e. The molecule has 4 heteroatoms. The van der Waals surface area contributed by atoms with E-state index in [1.807, 2.05) is 0 Å². The van der Waals surface area contributed by atoms with Crippen LogP contribution in [0.4, 0.5) is 0 Å². The van der Waals surface area contributed by atoms with Gasteiger partial charge in [0.05, 0.1) is 13.2 Å². The highest BCUT2D eigenvalue weighted by Crippen LogP contribution is 1.63. The van der Waals surface area contributed by atoms with Crippen LogP contribution in [-0.4, -0.2) is 35.5 Å². The van der Waals surface area contributed by atoms with Crippen molar-refractivity contribution in [1.29, 1.82) is 0 Å². The third-order valence-corrected chi connectivity index (χ3v) is 0.576. The van der Waals surface area contributed by atoms with E-state index in [9.17, 15) is 0 Å². The molecule has 0 radical (unpaired) electrons. The van der Waals surface area contributed by atoms with Crippen molar-refractivity contribution in [1.82, 2.24) is 0 Å². The molecule has 0 rings (SSSR count). The van der Waals surface area contributed by atoms with Gasteiger partial charge in [0.1, 0.15) is 0 Å². The molecule has 6 N–H and O–H groups in total. The van der Waals surface area contributed by atoms with Gasteiger partial charge in [-0.25, -0.2) is 0 Å². The number of aliphatic hydroxyl groups excluding tert-OH is 2. The van der Waals surface area contributed by atoms with Crippen molar-refractivity contribution in [3.8, 4) is 0 Å². The minimum Gasteiger partial charge on any atom is -0.395 e. The van der Waals surface area contributed by atoms with Gasteiger partial charge < -0.3 is 21.7 Å². The first-order valence-electron chi connectivity index (χ1n) is 3.27. The molecule has 10 heavy (non-hydrogen) atoms. The molecule has 0 aliphatic carbocycles. The second kappa shape index (κ2) is 8.84. The van der Waals surface area contributed by atoms with E-state index in [1.54, 1.807) is 13.8 Å². The summed E-state index contributed by atoms with van der Waals surface area (Å²) in [5.41, 5.74) is 10.1. The van der Waals surface area contributed by atoms with Crippen molar-refractivity contribution >= 4 is 0 Å². The molecule has 0 heterocycles. The van der Waals surface area contributed by atoms with Gasteiger partial charge in [0, 0.05) is 12.1 Å². The molecule has 0 aliphatic heterocycles. The summed E-state index contributed by atoms with van der Waals surface area (Å²) in [6.07, 6.45) is 0. The monoisotopic (exact) mass is 150 g/mol. The maximum atomic E-state index is 8.02. The van der Waals surface area contributed by atoms with E-state index in [-0.39, 0.29) is 25.3 Å². The molecule has 4 nitrogen and oxygen atoms in total. The molecule has 0 saturated carbocycles. The molecule has 0 saturated heterocycles. The zero-order valence-corrected chi connectivity index (χ0v) is 6.62. The fourth-order valence-corrected chi connectivity index (χ4v) is 0.